The molecule has 0 aromatic rings. The van der Waals surface area contributed by atoms with Crippen LogP contribution in [0.25, 0.3) is 0 Å². The third-order valence-electron chi connectivity index (χ3n) is 0. The molecule has 0 unspecified atom stereocenters. The molecule has 0 saturated carbocycles. The predicted octanol–water partition coefficient (Wildman–Crippen LogP) is 5.03. The first-order valence-electron chi connectivity index (χ1n) is 0. The SMILES string of the molecule is F.F.F.F.F.F.F.F.F.F.F.F.F.F.F.F.F.F.F.F.F.F.F.F.F.F.F.F.F.F.F.F.F. The molecule has 0 radical (unpaired) electrons. The summed E-state index contributed by atoms with van der Waals surface area (Å²) < 4.78 is 0. The van der Waals surface area contributed by atoms with Crippen LogP contribution < -0.4 is 0 Å². The van der Waals surface area contributed by atoms with Gasteiger partial charge < -0.3 is 0 Å². The quantitative estimate of drug-likeness (QED) is 0.320. The second-order valence-corrected chi connectivity index (χ2v) is 0. The van der Waals surface area contributed by atoms with Gasteiger partial charge in [-0.2, -0.15) is 0 Å². The van der Waals surface area contributed by atoms with Crippen molar-refractivity contribution in [3.8, 4) is 0 Å². The van der Waals surface area contributed by atoms with Gasteiger partial charge in [-0.05, 0) is 0 Å². The molecule has 0 aliphatic carbocycles. The molecule has 0 rings (SSSR count). The van der Waals surface area contributed by atoms with Gasteiger partial charge in [-0.3, -0.25) is 155 Å². The van der Waals surface area contributed by atoms with E-state index in [0.717, 1.165) is 0 Å². The molecule has 0 nitrogen and oxygen atoms in total. The molecule has 0 spiro atoms. The van der Waals surface area contributed by atoms with E-state index in [2.05, 4.69) is 0 Å². The minimum atomic E-state index is 0. The lowest BCUT2D eigenvalue weighted by Crippen LogP contribution is 0.419. The Labute approximate surface area is 157 Å². The van der Waals surface area contributed by atoms with Crippen LogP contribution in [0.15, 0.2) is 0 Å². The maximum absolute atomic E-state index is 0. The predicted molar refractivity (Wildman–Crippen MR) is 82.6 cm³/mol. The minimum Gasteiger partial charge on any atom is -0.269 e. The minimum absolute atomic E-state index is 0. The van der Waals surface area contributed by atoms with Crippen molar-refractivity contribution in [2.75, 3.05) is 0 Å². The first-order chi connectivity index (χ1) is 0. The molecular formula is H33F33. The van der Waals surface area contributed by atoms with Gasteiger partial charge in [-0.15, -0.1) is 0 Å². The zero-order valence-corrected chi connectivity index (χ0v) is 13.5. The largest absolute Gasteiger partial charge is 0.269 e. The summed E-state index contributed by atoms with van der Waals surface area (Å²) in [6.45, 7) is 0. The van der Waals surface area contributed by atoms with E-state index >= 15 is 0 Å². The van der Waals surface area contributed by atoms with Crippen molar-refractivity contribution >= 4 is 0 Å². The summed E-state index contributed by atoms with van der Waals surface area (Å²) in [6, 6.07) is 0. The van der Waals surface area contributed by atoms with Crippen molar-refractivity contribution in [2.45, 2.75) is 0 Å². The average molecular weight is 660 g/mol. The third kappa shape index (κ3) is 4270. The van der Waals surface area contributed by atoms with E-state index < -0.39 is 0 Å². The highest BCUT2D eigenvalue weighted by atomic mass is 19.0. The van der Waals surface area contributed by atoms with Gasteiger partial charge in [0.2, 0.25) is 0 Å². The molecular weight excluding hydrogens is 627 g/mol. The monoisotopic (exact) mass is 660 g/mol. The molecule has 0 N–H and O–H groups in total. The van der Waals surface area contributed by atoms with Crippen molar-refractivity contribution in [3.63, 3.8) is 0 Å². The third-order valence-corrected chi connectivity index (χ3v) is 0. The Morgan fingerprint density at radius 2 is 0.0303 bits per heavy atom. The summed E-state index contributed by atoms with van der Waals surface area (Å²) in [5, 5.41) is 0. The van der Waals surface area contributed by atoms with Gasteiger partial charge in [0, 0.05) is 0 Å². The fourth-order valence-corrected chi connectivity index (χ4v) is 0. The zero-order chi connectivity index (χ0) is 0. The lowest BCUT2D eigenvalue weighted by atomic mass is 19.0. The highest BCUT2D eigenvalue weighted by Crippen LogP contribution is 0.452. The van der Waals surface area contributed by atoms with Crippen molar-refractivity contribution < 1.29 is 155 Å². The molecule has 0 aliphatic rings. The summed E-state index contributed by atoms with van der Waals surface area (Å²) in [6.07, 6.45) is 0. The topological polar surface area (TPSA) is 0 Å². The zero-order valence-electron chi connectivity index (χ0n) is 13.5. The van der Waals surface area contributed by atoms with E-state index in [0.29, 0.717) is 0 Å². The van der Waals surface area contributed by atoms with Crippen molar-refractivity contribution in [2.24, 2.45) is 0 Å². The Morgan fingerprint density at radius 1 is 0.0303 bits per heavy atom. The first kappa shape index (κ1) is 5070. The second kappa shape index (κ2) is 4580. The van der Waals surface area contributed by atoms with Gasteiger partial charge >= 0.3 is 0 Å². The molecule has 0 atom stereocenters. The summed E-state index contributed by atoms with van der Waals surface area (Å²) in [5.41, 5.74) is 0. The van der Waals surface area contributed by atoms with E-state index in [1.807, 2.05) is 0 Å². The molecule has 264 valence electrons. The Bertz CT molecular complexity index is 0. The van der Waals surface area contributed by atoms with Gasteiger partial charge in [-0.1, -0.05) is 0 Å². The molecule has 33 heavy (non-hydrogen) atoms. The molecule has 0 fully saturated rings. The van der Waals surface area contributed by atoms with Crippen molar-refractivity contribution in [3.05, 3.63) is 0 Å². The van der Waals surface area contributed by atoms with E-state index in [1.165, 1.54) is 0 Å². The van der Waals surface area contributed by atoms with Gasteiger partial charge in [0.1, 0.15) is 0 Å². The molecule has 0 aliphatic heterocycles. The molecule has 0 bridgehead atoms. The summed E-state index contributed by atoms with van der Waals surface area (Å²) >= 11 is 0. The number of rotatable bonds is 0. The lowest BCUT2D eigenvalue weighted by molar-refractivity contribution is 1.11. The van der Waals surface area contributed by atoms with Gasteiger partial charge in [0.15, 0.2) is 0 Å². The highest BCUT2D eigenvalue weighted by Gasteiger charge is -0.237. The molecule has 0 aromatic heterocycles. The fraction of sp³-hybridized carbons (Fsp3) is 0. The Balaban J connectivity index is 0. The summed E-state index contributed by atoms with van der Waals surface area (Å²) in [4.78, 5) is 0. The second-order valence-electron chi connectivity index (χ2n) is 0. The van der Waals surface area contributed by atoms with Gasteiger partial charge in [-0.25, -0.2) is 0 Å². The summed E-state index contributed by atoms with van der Waals surface area (Å²) in [7, 11) is 0. The molecule has 0 amide bonds. The molecule has 0 heterocycles. The average Bonchev–Trinajstić information content (AvgIpc) is 0. The highest BCUT2D eigenvalue weighted by molar-refractivity contribution is 1.14. The lowest BCUT2D eigenvalue weighted by Gasteiger charge is -0.270. The van der Waals surface area contributed by atoms with E-state index in [9.17, 15) is 0 Å². The van der Waals surface area contributed by atoms with Crippen LogP contribution in [0.4, 0.5) is 155 Å². The fourth-order valence-electron chi connectivity index (χ4n) is 0. The van der Waals surface area contributed by atoms with E-state index in [-0.39, 0.29) is 155 Å². The standard InChI is InChI=1S/33FH/h33*1H. The van der Waals surface area contributed by atoms with Gasteiger partial charge in [0.25, 0.3) is 0 Å². The Morgan fingerprint density at radius 3 is 0.0303 bits per heavy atom. The van der Waals surface area contributed by atoms with Crippen LogP contribution in [0.5, 0.6) is 0 Å². The van der Waals surface area contributed by atoms with Crippen LogP contribution in [0, 0.1) is 0 Å². The van der Waals surface area contributed by atoms with Crippen LogP contribution in [-0.2, 0) is 0 Å². The smallest absolute Gasteiger partial charge is 0.269 e. The van der Waals surface area contributed by atoms with Crippen LogP contribution in [0.2, 0.25) is 0 Å². The molecule has 0 aromatic carbocycles. The Hall–Kier alpha value is -2.31. The molecule has 0 saturated heterocycles. The molecule has 33 heteroatoms. The number of hydrogen-bond acceptors (Lipinski definition) is 0. The van der Waals surface area contributed by atoms with Crippen molar-refractivity contribution in [1.29, 1.82) is 0 Å². The number of halogens is 33. The Kier molecular flexibility index (Phi) is 704000. The normalized spacial score (nSPS) is 0. The first-order valence-corrected chi connectivity index (χ1v) is 0. The van der Waals surface area contributed by atoms with E-state index in [1.54, 1.807) is 0 Å². The van der Waals surface area contributed by atoms with Gasteiger partial charge in [0.05, 0.1) is 0 Å². The van der Waals surface area contributed by atoms with Crippen LogP contribution in [0.1, 0.15) is 0 Å². The maximum atomic E-state index is 0. The van der Waals surface area contributed by atoms with Crippen LogP contribution >= 0.6 is 0 Å². The van der Waals surface area contributed by atoms with Crippen molar-refractivity contribution in [1.82, 2.24) is 0 Å². The van der Waals surface area contributed by atoms with Crippen LogP contribution in [0.3, 0.4) is 0 Å². The maximum Gasteiger partial charge on any atom is -0.269 e. The number of hydrogen-bond donors (Lipinski definition) is 0. The summed E-state index contributed by atoms with van der Waals surface area (Å²) in [5.74, 6) is 0. The van der Waals surface area contributed by atoms with Crippen LogP contribution in [-0.4, -0.2) is 0 Å². The van der Waals surface area contributed by atoms with E-state index in [4.69, 9.17) is 0 Å².